The van der Waals surface area contributed by atoms with Gasteiger partial charge in [-0.05, 0) is 43.3 Å². The molecule has 1 amide bonds. The third-order valence-corrected chi connectivity index (χ3v) is 4.90. The van der Waals surface area contributed by atoms with Crippen molar-refractivity contribution in [2.75, 3.05) is 19.6 Å². The summed E-state index contributed by atoms with van der Waals surface area (Å²) in [6, 6.07) is 3.97. The zero-order chi connectivity index (χ0) is 13.9. The summed E-state index contributed by atoms with van der Waals surface area (Å²) in [5.74, 6) is 0.106. The number of hydrogen-bond acceptors (Lipinski definition) is 4. The topological polar surface area (TPSA) is 58.4 Å². The summed E-state index contributed by atoms with van der Waals surface area (Å²) in [5.41, 5.74) is 5.97. The second-order valence-electron chi connectivity index (χ2n) is 5.71. The molecule has 0 spiro atoms. The molecule has 2 heterocycles. The van der Waals surface area contributed by atoms with Gasteiger partial charge in [0.05, 0.1) is 12.6 Å². The number of amides is 1. The molecular weight excluding hydrogens is 294 g/mol. The van der Waals surface area contributed by atoms with E-state index < -0.39 is 0 Å². The van der Waals surface area contributed by atoms with Crippen molar-refractivity contribution >= 4 is 29.7 Å². The van der Waals surface area contributed by atoms with E-state index in [1.807, 2.05) is 24.4 Å². The minimum Gasteiger partial charge on any atom is -0.350 e. The van der Waals surface area contributed by atoms with Crippen LogP contribution in [0.5, 0.6) is 0 Å². The SMILES string of the molecule is CC(C(=O)NCc1cccs1)N1CCC(C)(CN)C1.Cl. The zero-order valence-electron chi connectivity index (χ0n) is 12.1. The first-order valence-electron chi connectivity index (χ1n) is 6.78. The van der Waals surface area contributed by atoms with Crippen LogP contribution in [0.3, 0.4) is 0 Å². The van der Waals surface area contributed by atoms with Crippen LogP contribution in [0.15, 0.2) is 17.5 Å². The van der Waals surface area contributed by atoms with E-state index in [0.717, 1.165) is 19.5 Å². The second-order valence-corrected chi connectivity index (χ2v) is 6.74. The Morgan fingerprint density at radius 1 is 1.65 bits per heavy atom. The Morgan fingerprint density at radius 2 is 2.40 bits per heavy atom. The first-order chi connectivity index (χ1) is 9.04. The molecule has 0 radical (unpaired) electrons. The molecule has 2 atom stereocenters. The van der Waals surface area contributed by atoms with Crippen LogP contribution < -0.4 is 11.1 Å². The number of hydrogen-bond donors (Lipinski definition) is 2. The van der Waals surface area contributed by atoms with Crippen LogP contribution in [0.25, 0.3) is 0 Å². The third kappa shape index (κ3) is 4.19. The predicted molar refractivity (Wildman–Crippen MR) is 86.2 cm³/mol. The van der Waals surface area contributed by atoms with Gasteiger partial charge in [0.15, 0.2) is 0 Å². The Labute approximate surface area is 131 Å². The highest BCUT2D eigenvalue weighted by Gasteiger charge is 2.36. The van der Waals surface area contributed by atoms with Crippen LogP contribution >= 0.6 is 23.7 Å². The lowest BCUT2D eigenvalue weighted by Crippen LogP contribution is -2.45. The van der Waals surface area contributed by atoms with E-state index in [9.17, 15) is 4.79 Å². The van der Waals surface area contributed by atoms with E-state index in [2.05, 4.69) is 17.1 Å². The van der Waals surface area contributed by atoms with Crippen LogP contribution in [0.1, 0.15) is 25.1 Å². The lowest BCUT2D eigenvalue weighted by atomic mass is 9.90. The number of carbonyl (C=O) groups is 1. The Balaban J connectivity index is 0.00000200. The second kappa shape index (κ2) is 7.41. The van der Waals surface area contributed by atoms with Crippen molar-refractivity contribution in [1.29, 1.82) is 0 Å². The number of nitrogens with zero attached hydrogens (tertiary/aromatic N) is 1. The lowest BCUT2D eigenvalue weighted by Gasteiger charge is -2.26. The van der Waals surface area contributed by atoms with E-state index in [-0.39, 0.29) is 29.8 Å². The van der Waals surface area contributed by atoms with Crippen molar-refractivity contribution < 1.29 is 4.79 Å². The summed E-state index contributed by atoms with van der Waals surface area (Å²) in [4.78, 5) is 15.6. The maximum Gasteiger partial charge on any atom is 0.237 e. The van der Waals surface area contributed by atoms with Crippen LogP contribution in [-0.2, 0) is 11.3 Å². The average Bonchev–Trinajstić information content (AvgIpc) is 3.05. The fourth-order valence-electron chi connectivity index (χ4n) is 2.46. The van der Waals surface area contributed by atoms with E-state index in [0.29, 0.717) is 13.1 Å². The molecule has 4 nitrogen and oxygen atoms in total. The predicted octanol–water partition coefficient (Wildman–Crippen LogP) is 1.85. The minimum atomic E-state index is -0.0756. The van der Waals surface area contributed by atoms with Crippen molar-refractivity contribution in [2.45, 2.75) is 32.9 Å². The van der Waals surface area contributed by atoms with Crippen molar-refractivity contribution in [3.63, 3.8) is 0 Å². The smallest absolute Gasteiger partial charge is 0.237 e. The number of halogens is 1. The maximum atomic E-state index is 12.1. The van der Waals surface area contributed by atoms with Gasteiger partial charge in [-0.15, -0.1) is 23.7 Å². The first-order valence-corrected chi connectivity index (χ1v) is 7.66. The Morgan fingerprint density at radius 3 is 2.95 bits per heavy atom. The highest BCUT2D eigenvalue weighted by molar-refractivity contribution is 7.09. The van der Waals surface area contributed by atoms with Gasteiger partial charge >= 0.3 is 0 Å². The number of carbonyl (C=O) groups excluding carboxylic acids is 1. The molecular formula is C14H24ClN3OS. The van der Waals surface area contributed by atoms with Gasteiger partial charge < -0.3 is 11.1 Å². The van der Waals surface area contributed by atoms with Gasteiger partial charge in [0.1, 0.15) is 0 Å². The molecule has 6 heteroatoms. The van der Waals surface area contributed by atoms with Crippen molar-refractivity contribution in [2.24, 2.45) is 11.1 Å². The van der Waals surface area contributed by atoms with Crippen LogP contribution in [0.4, 0.5) is 0 Å². The molecule has 114 valence electrons. The molecule has 2 unspecified atom stereocenters. The fourth-order valence-corrected chi connectivity index (χ4v) is 3.10. The Hall–Kier alpha value is -0.620. The molecule has 1 saturated heterocycles. The monoisotopic (exact) mass is 317 g/mol. The lowest BCUT2D eigenvalue weighted by molar-refractivity contribution is -0.125. The molecule has 20 heavy (non-hydrogen) atoms. The van der Waals surface area contributed by atoms with Gasteiger partial charge in [-0.2, -0.15) is 0 Å². The molecule has 1 fully saturated rings. The number of rotatable bonds is 5. The first kappa shape index (κ1) is 17.4. The van der Waals surface area contributed by atoms with Gasteiger partial charge in [0, 0.05) is 11.4 Å². The zero-order valence-corrected chi connectivity index (χ0v) is 13.7. The van der Waals surface area contributed by atoms with Crippen LogP contribution in [0, 0.1) is 5.41 Å². The molecule has 0 saturated carbocycles. The summed E-state index contributed by atoms with van der Waals surface area (Å²) < 4.78 is 0. The Bertz CT molecular complexity index is 426. The minimum absolute atomic E-state index is 0. The fraction of sp³-hybridized carbons (Fsp3) is 0.643. The number of likely N-dealkylation sites (tertiary alicyclic amines) is 1. The van der Waals surface area contributed by atoms with E-state index in [1.54, 1.807) is 11.3 Å². The van der Waals surface area contributed by atoms with Gasteiger partial charge in [-0.25, -0.2) is 0 Å². The summed E-state index contributed by atoms with van der Waals surface area (Å²) in [5, 5.41) is 5.03. The molecule has 2 rings (SSSR count). The highest BCUT2D eigenvalue weighted by Crippen LogP contribution is 2.29. The largest absolute Gasteiger partial charge is 0.350 e. The Kier molecular flexibility index (Phi) is 6.45. The molecule has 1 aliphatic heterocycles. The number of thiophene rings is 1. The standard InChI is InChI=1S/C14H23N3OS.ClH/c1-11(17-6-5-14(2,9-15)10-17)13(18)16-8-12-4-3-7-19-12;/h3-4,7,11H,5-6,8-10,15H2,1-2H3,(H,16,18);1H. The van der Waals surface area contributed by atoms with Gasteiger partial charge in [-0.1, -0.05) is 13.0 Å². The number of nitrogens with one attached hydrogen (secondary N) is 1. The van der Waals surface area contributed by atoms with E-state index in [4.69, 9.17) is 5.73 Å². The molecule has 0 bridgehead atoms. The highest BCUT2D eigenvalue weighted by atomic mass is 35.5. The number of nitrogens with two attached hydrogens (primary N) is 1. The molecule has 0 aliphatic carbocycles. The van der Waals surface area contributed by atoms with Crippen molar-refractivity contribution in [3.8, 4) is 0 Å². The van der Waals surface area contributed by atoms with Crippen LogP contribution in [-0.4, -0.2) is 36.5 Å². The van der Waals surface area contributed by atoms with Gasteiger partial charge in [-0.3, -0.25) is 9.69 Å². The molecule has 0 aromatic carbocycles. The summed E-state index contributed by atoms with van der Waals surface area (Å²) in [6.07, 6.45) is 1.08. The summed E-state index contributed by atoms with van der Waals surface area (Å²) in [7, 11) is 0. The summed E-state index contributed by atoms with van der Waals surface area (Å²) in [6.45, 7) is 7.36. The van der Waals surface area contributed by atoms with Gasteiger partial charge in [0.25, 0.3) is 0 Å². The molecule has 3 N–H and O–H groups in total. The van der Waals surface area contributed by atoms with E-state index >= 15 is 0 Å². The van der Waals surface area contributed by atoms with Crippen molar-refractivity contribution in [3.05, 3.63) is 22.4 Å². The maximum absolute atomic E-state index is 12.1. The molecule has 1 aliphatic rings. The quantitative estimate of drug-likeness (QED) is 0.871. The average molecular weight is 318 g/mol. The summed E-state index contributed by atoms with van der Waals surface area (Å²) >= 11 is 1.67. The van der Waals surface area contributed by atoms with Crippen molar-refractivity contribution in [1.82, 2.24) is 10.2 Å². The van der Waals surface area contributed by atoms with E-state index in [1.165, 1.54) is 4.88 Å². The normalized spacial score (nSPS) is 24.1. The molecule has 1 aromatic rings. The molecule has 1 aromatic heterocycles. The third-order valence-electron chi connectivity index (χ3n) is 4.02. The van der Waals surface area contributed by atoms with Crippen LogP contribution in [0.2, 0.25) is 0 Å². The van der Waals surface area contributed by atoms with Gasteiger partial charge in [0.2, 0.25) is 5.91 Å².